The summed E-state index contributed by atoms with van der Waals surface area (Å²) in [6.07, 6.45) is -4.93. The molecule has 0 aromatic heterocycles. The smallest absolute Gasteiger partial charge is 0.454 e. The van der Waals surface area contributed by atoms with E-state index < -0.39 is 17.5 Å². The summed E-state index contributed by atoms with van der Waals surface area (Å²) < 4.78 is 42.5. The number of aryl methyl sites for hydroxylation is 1. The SMILES string of the molecule is Cc1cccc(Oc2ccc(C(=O)C(F)(F)F)cc2Cl)c1. The highest BCUT2D eigenvalue weighted by atomic mass is 35.5. The van der Waals surface area contributed by atoms with Crippen molar-refractivity contribution in [2.45, 2.75) is 13.1 Å². The zero-order chi connectivity index (χ0) is 15.6. The van der Waals surface area contributed by atoms with E-state index in [-0.39, 0.29) is 10.8 Å². The molecule has 21 heavy (non-hydrogen) atoms. The third kappa shape index (κ3) is 3.76. The van der Waals surface area contributed by atoms with Gasteiger partial charge in [0.1, 0.15) is 11.5 Å². The summed E-state index contributed by atoms with van der Waals surface area (Å²) in [6, 6.07) is 10.3. The Kier molecular flexibility index (Phi) is 4.23. The third-order valence-electron chi connectivity index (χ3n) is 2.67. The molecule has 0 unspecified atom stereocenters. The number of alkyl halides is 3. The first kappa shape index (κ1) is 15.4. The molecule has 2 nitrogen and oxygen atoms in total. The predicted molar refractivity (Wildman–Crippen MR) is 73.1 cm³/mol. The van der Waals surface area contributed by atoms with Crippen LogP contribution < -0.4 is 4.74 Å². The number of Topliss-reactive ketones (excluding diaryl/α,β-unsaturated/α-hetero) is 1. The first-order valence-corrected chi connectivity index (χ1v) is 6.31. The molecule has 0 spiro atoms. The molecular weight excluding hydrogens is 305 g/mol. The topological polar surface area (TPSA) is 26.3 Å². The molecule has 2 aromatic rings. The van der Waals surface area contributed by atoms with Crippen molar-refractivity contribution in [3.05, 3.63) is 58.6 Å². The van der Waals surface area contributed by atoms with Crippen molar-refractivity contribution in [3.63, 3.8) is 0 Å². The normalized spacial score (nSPS) is 11.3. The van der Waals surface area contributed by atoms with Gasteiger partial charge in [-0.05, 0) is 42.8 Å². The van der Waals surface area contributed by atoms with Gasteiger partial charge in [-0.25, -0.2) is 0 Å². The van der Waals surface area contributed by atoms with Crippen molar-refractivity contribution in [2.24, 2.45) is 0 Å². The Bertz CT molecular complexity index is 681. The Hall–Kier alpha value is -2.01. The number of ketones is 1. The van der Waals surface area contributed by atoms with Crippen LogP contribution in [0.5, 0.6) is 11.5 Å². The van der Waals surface area contributed by atoms with Gasteiger partial charge < -0.3 is 4.74 Å². The number of ether oxygens (including phenoxy) is 1. The second kappa shape index (κ2) is 5.77. The monoisotopic (exact) mass is 314 g/mol. The van der Waals surface area contributed by atoms with E-state index in [0.29, 0.717) is 5.75 Å². The minimum absolute atomic E-state index is 0.0633. The summed E-state index contributed by atoms with van der Waals surface area (Å²) in [5.41, 5.74) is 0.441. The van der Waals surface area contributed by atoms with Gasteiger partial charge in [0.15, 0.2) is 0 Å². The molecule has 0 atom stereocenters. The van der Waals surface area contributed by atoms with Crippen LogP contribution in [0.3, 0.4) is 0 Å². The Balaban J connectivity index is 2.26. The molecule has 2 aromatic carbocycles. The van der Waals surface area contributed by atoms with E-state index in [1.165, 1.54) is 6.07 Å². The van der Waals surface area contributed by atoms with E-state index in [1.807, 2.05) is 13.0 Å². The summed E-state index contributed by atoms with van der Waals surface area (Å²) in [7, 11) is 0. The van der Waals surface area contributed by atoms with E-state index in [4.69, 9.17) is 16.3 Å². The number of benzene rings is 2. The maximum Gasteiger partial charge on any atom is 0.454 e. The number of halogens is 4. The third-order valence-corrected chi connectivity index (χ3v) is 2.96. The Labute approximate surface area is 124 Å². The molecule has 0 aliphatic rings. The first-order chi connectivity index (χ1) is 9.77. The minimum atomic E-state index is -4.93. The van der Waals surface area contributed by atoms with E-state index in [9.17, 15) is 18.0 Å². The molecule has 0 fully saturated rings. The molecule has 0 amide bonds. The van der Waals surface area contributed by atoms with E-state index in [1.54, 1.807) is 18.2 Å². The van der Waals surface area contributed by atoms with E-state index >= 15 is 0 Å². The molecule has 6 heteroatoms. The Morgan fingerprint density at radius 1 is 1.14 bits per heavy atom. The number of hydrogen-bond acceptors (Lipinski definition) is 2. The molecule has 0 aliphatic heterocycles. The van der Waals surface area contributed by atoms with Gasteiger partial charge in [-0.2, -0.15) is 13.2 Å². The second-order valence-corrected chi connectivity index (χ2v) is 4.80. The average Bonchev–Trinajstić information content (AvgIpc) is 2.39. The maximum atomic E-state index is 12.3. The van der Waals surface area contributed by atoms with Crippen LogP contribution in [0.25, 0.3) is 0 Å². The van der Waals surface area contributed by atoms with Crippen LogP contribution in [0.4, 0.5) is 13.2 Å². The van der Waals surface area contributed by atoms with Crippen molar-refractivity contribution in [1.82, 2.24) is 0 Å². The van der Waals surface area contributed by atoms with Crippen molar-refractivity contribution >= 4 is 17.4 Å². The van der Waals surface area contributed by atoms with Crippen molar-refractivity contribution < 1.29 is 22.7 Å². The van der Waals surface area contributed by atoms with Crippen LogP contribution in [-0.4, -0.2) is 12.0 Å². The summed E-state index contributed by atoms with van der Waals surface area (Å²) in [5.74, 6) is -1.25. The lowest BCUT2D eigenvalue weighted by molar-refractivity contribution is -0.0885. The summed E-state index contributed by atoms with van der Waals surface area (Å²) in [4.78, 5) is 11.1. The average molecular weight is 315 g/mol. The van der Waals surface area contributed by atoms with E-state index in [0.717, 1.165) is 17.7 Å². The molecule has 0 bridgehead atoms. The van der Waals surface area contributed by atoms with Gasteiger partial charge >= 0.3 is 6.18 Å². The molecule has 2 rings (SSSR count). The van der Waals surface area contributed by atoms with Crippen LogP contribution in [0.15, 0.2) is 42.5 Å². The molecule has 0 saturated heterocycles. The van der Waals surface area contributed by atoms with Gasteiger partial charge in [-0.1, -0.05) is 23.7 Å². The molecule has 0 aliphatic carbocycles. The van der Waals surface area contributed by atoms with E-state index in [2.05, 4.69) is 0 Å². The predicted octanol–water partition coefficient (Wildman–Crippen LogP) is 5.19. The highest BCUT2D eigenvalue weighted by molar-refractivity contribution is 6.32. The van der Waals surface area contributed by atoms with Gasteiger partial charge in [-0.15, -0.1) is 0 Å². The van der Waals surface area contributed by atoms with Crippen LogP contribution >= 0.6 is 11.6 Å². The zero-order valence-electron chi connectivity index (χ0n) is 10.9. The van der Waals surface area contributed by atoms with Gasteiger partial charge in [0.2, 0.25) is 0 Å². The fourth-order valence-corrected chi connectivity index (χ4v) is 1.91. The number of rotatable bonds is 3. The zero-order valence-corrected chi connectivity index (χ0v) is 11.6. The summed E-state index contributed by atoms with van der Waals surface area (Å²) in [5, 5.41) is -0.0633. The fraction of sp³-hybridized carbons (Fsp3) is 0.133. The maximum absolute atomic E-state index is 12.3. The van der Waals surface area contributed by atoms with Gasteiger partial charge in [0.25, 0.3) is 5.78 Å². The summed E-state index contributed by atoms with van der Waals surface area (Å²) in [6.45, 7) is 1.87. The highest BCUT2D eigenvalue weighted by Crippen LogP contribution is 2.32. The van der Waals surface area contributed by atoms with Crippen molar-refractivity contribution in [2.75, 3.05) is 0 Å². The number of carbonyl (C=O) groups excluding carboxylic acids is 1. The number of hydrogen-bond donors (Lipinski definition) is 0. The van der Waals surface area contributed by atoms with Crippen molar-refractivity contribution in [3.8, 4) is 11.5 Å². The van der Waals surface area contributed by atoms with Crippen LogP contribution in [0.1, 0.15) is 15.9 Å². The molecule has 110 valence electrons. The number of carbonyl (C=O) groups is 1. The molecule has 0 N–H and O–H groups in total. The lowest BCUT2D eigenvalue weighted by atomic mass is 10.1. The Morgan fingerprint density at radius 3 is 2.43 bits per heavy atom. The first-order valence-electron chi connectivity index (χ1n) is 5.93. The van der Waals surface area contributed by atoms with Crippen LogP contribution in [0.2, 0.25) is 5.02 Å². The largest absolute Gasteiger partial charge is 0.456 e. The van der Waals surface area contributed by atoms with Crippen molar-refractivity contribution in [1.29, 1.82) is 0 Å². The lowest BCUT2D eigenvalue weighted by Crippen LogP contribution is -2.22. The molecule has 0 radical (unpaired) electrons. The van der Waals surface area contributed by atoms with Crippen LogP contribution in [0, 0.1) is 6.92 Å². The highest BCUT2D eigenvalue weighted by Gasteiger charge is 2.39. The van der Waals surface area contributed by atoms with Gasteiger partial charge in [-0.3, -0.25) is 4.79 Å². The molecule has 0 heterocycles. The van der Waals surface area contributed by atoms with Gasteiger partial charge in [0, 0.05) is 5.56 Å². The molecule has 0 saturated carbocycles. The molecular formula is C15H10ClF3O2. The lowest BCUT2D eigenvalue weighted by Gasteiger charge is -2.10. The summed E-state index contributed by atoms with van der Waals surface area (Å²) >= 11 is 5.87. The standard InChI is InChI=1S/C15H10ClF3O2/c1-9-3-2-4-11(7-9)21-13-6-5-10(8-12(13)16)14(20)15(17,18)19/h2-8H,1H3. The minimum Gasteiger partial charge on any atom is -0.456 e. The van der Waals surface area contributed by atoms with Gasteiger partial charge in [0.05, 0.1) is 5.02 Å². The fourth-order valence-electron chi connectivity index (χ4n) is 1.69. The second-order valence-electron chi connectivity index (χ2n) is 4.39. The van der Waals surface area contributed by atoms with Crippen LogP contribution in [-0.2, 0) is 0 Å². The Morgan fingerprint density at radius 2 is 1.86 bits per heavy atom. The quantitative estimate of drug-likeness (QED) is 0.729.